The second-order valence-electron chi connectivity index (χ2n) is 7.61. The number of piperazine rings is 1. The van der Waals surface area contributed by atoms with Crippen LogP contribution in [0.3, 0.4) is 0 Å². The van der Waals surface area contributed by atoms with Crippen LogP contribution < -0.4 is 0 Å². The molecule has 9 heteroatoms. The van der Waals surface area contributed by atoms with Crippen molar-refractivity contribution >= 4 is 15.8 Å². The van der Waals surface area contributed by atoms with Gasteiger partial charge in [0.1, 0.15) is 0 Å². The SMILES string of the molecule is CC(=O)c1ccc(S(=O)(=O)N2CCN(C[C@H](O)COC[C@H]3CCCO3)CC2)cc1. The normalized spacial score (nSPS) is 22.6. The molecule has 0 amide bonds. The molecule has 8 nitrogen and oxygen atoms in total. The summed E-state index contributed by atoms with van der Waals surface area (Å²) >= 11 is 0. The van der Waals surface area contributed by atoms with Gasteiger partial charge in [-0.15, -0.1) is 0 Å². The monoisotopic (exact) mass is 426 g/mol. The predicted octanol–water partition coefficient (Wildman–Crippen LogP) is 0.752. The van der Waals surface area contributed by atoms with Gasteiger partial charge >= 0.3 is 0 Å². The van der Waals surface area contributed by atoms with Crippen molar-refractivity contribution in [2.75, 3.05) is 52.5 Å². The molecule has 162 valence electrons. The van der Waals surface area contributed by atoms with Crippen LogP contribution in [0.25, 0.3) is 0 Å². The van der Waals surface area contributed by atoms with E-state index >= 15 is 0 Å². The molecule has 0 aliphatic carbocycles. The van der Waals surface area contributed by atoms with Crippen molar-refractivity contribution in [3.8, 4) is 0 Å². The lowest BCUT2D eigenvalue weighted by atomic mass is 10.2. The lowest BCUT2D eigenvalue weighted by Crippen LogP contribution is -2.50. The summed E-state index contributed by atoms with van der Waals surface area (Å²) in [5.74, 6) is -0.0964. The minimum atomic E-state index is -3.59. The highest BCUT2D eigenvalue weighted by Crippen LogP contribution is 2.19. The maximum absolute atomic E-state index is 12.8. The second-order valence-corrected chi connectivity index (χ2v) is 9.55. The average Bonchev–Trinajstić information content (AvgIpc) is 3.22. The zero-order valence-electron chi connectivity index (χ0n) is 16.8. The fourth-order valence-corrected chi connectivity index (χ4v) is 5.05. The van der Waals surface area contributed by atoms with Crippen LogP contribution in [0.2, 0.25) is 0 Å². The van der Waals surface area contributed by atoms with Gasteiger partial charge in [0.05, 0.1) is 30.3 Å². The molecule has 0 spiro atoms. The highest BCUT2D eigenvalue weighted by atomic mass is 32.2. The van der Waals surface area contributed by atoms with Crippen LogP contribution in [0.1, 0.15) is 30.1 Å². The quantitative estimate of drug-likeness (QED) is 0.582. The molecule has 2 fully saturated rings. The van der Waals surface area contributed by atoms with Crippen LogP contribution in [0.15, 0.2) is 29.2 Å². The molecule has 1 aromatic carbocycles. The minimum Gasteiger partial charge on any atom is -0.389 e. The first-order valence-corrected chi connectivity index (χ1v) is 11.5. The summed E-state index contributed by atoms with van der Waals surface area (Å²) in [6.07, 6.45) is 1.59. The van der Waals surface area contributed by atoms with E-state index in [-0.39, 0.29) is 23.4 Å². The smallest absolute Gasteiger partial charge is 0.243 e. The molecule has 2 atom stereocenters. The number of hydrogen-bond donors (Lipinski definition) is 1. The number of aliphatic hydroxyl groups is 1. The third-order valence-electron chi connectivity index (χ3n) is 5.34. The number of β-amino-alcohol motifs (C(OH)–C–C–N with tert-alkyl or cyclic N) is 1. The molecule has 2 saturated heterocycles. The van der Waals surface area contributed by atoms with Crippen molar-refractivity contribution in [3.05, 3.63) is 29.8 Å². The maximum atomic E-state index is 12.8. The number of ether oxygens (including phenoxy) is 2. The summed E-state index contributed by atoms with van der Waals surface area (Å²) in [7, 11) is -3.59. The molecule has 3 rings (SSSR count). The van der Waals surface area contributed by atoms with Gasteiger partial charge in [0, 0.05) is 44.9 Å². The number of nitrogens with zero attached hydrogens (tertiary/aromatic N) is 2. The number of sulfonamides is 1. The van der Waals surface area contributed by atoms with Gasteiger partial charge in [0.25, 0.3) is 0 Å². The molecule has 0 radical (unpaired) electrons. The van der Waals surface area contributed by atoms with E-state index in [2.05, 4.69) is 0 Å². The van der Waals surface area contributed by atoms with Gasteiger partial charge < -0.3 is 14.6 Å². The molecule has 1 aromatic rings. The van der Waals surface area contributed by atoms with Crippen molar-refractivity contribution in [3.63, 3.8) is 0 Å². The Labute approximate surface area is 172 Å². The van der Waals surface area contributed by atoms with Crippen LogP contribution in [-0.2, 0) is 19.5 Å². The summed E-state index contributed by atoms with van der Waals surface area (Å²) in [6.45, 7) is 5.26. The first-order valence-electron chi connectivity index (χ1n) is 10.1. The van der Waals surface area contributed by atoms with Gasteiger partial charge in [-0.1, -0.05) is 12.1 Å². The third kappa shape index (κ3) is 6.07. The van der Waals surface area contributed by atoms with Crippen molar-refractivity contribution in [1.29, 1.82) is 0 Å². The molecular weight excluding hydrogens is 396 g/mol. The number of aliphatic hydroxyl groups excluding tert-OH is 1. The Morgan fingerprint density at radius 2 is 1.93 bits per heavy atom. The first kappa shape index (κ1) is 22.3. The van der Waals surface area contributed by atoms with E-state index in [0.29, 0.717) is 44.9 Å². The van der Waals surface area contributed by atoms with E-state index in [4.69, 9.17) is 9.47 Å². The summed E-state index contributed by atoms with van der Waals surface area (Å²) < 4.78 is 38.1. The van der Waals surface area contributed by atoms with E-state index in [9.17, 15) is 18.3 Å². The van der Waals surface area contributed by atoms with Crippen molar-refractivity contribution in [2.45, 2.75) is 36.9 Å². The van der Waals surface area contributed by atoms with E-state index in [1.807, 2.05) is 4.90 Å². The summed E-state index contributed by atoms with van der Waals surface area (Å²) in [6, 6.07) is 6.04. The molecule has 1 N–H and O–H groups in total. The minimum absolute atomic E-state index is 0.0964. The molecule has 2 heterocycles. The van der Waals surface area contributed by atoms with Crippen LogP contribution in [0.5, 0.6) is 0 Å². The van der Waals surface area contributed by atoms with Crippen molar-refractivity contribution in [1.82, 2.24) is 9.21 Å². The fourth-order valence-electron chi connectivity index (χ4n) is 3.63. The fraction of sp³-hybridized carbons (Fsp3) is 0.650. The second kappa shape index (κ2) is 10.1. The molecule has 2 aliphatic rings. The van der Waals surface area contributed by atoms with E-state index in [1.165, 1.54) is 23.4 Å². The number of rotatable bonds is 9. The summed E-state index contributed by atoms with van der Waals surface area (Å²) in [5, 5.41) is 10.2. The number of hydrogen-bond acceptors (Lipinski definition) is 7. The molecule has 0 saturated carbocycles. The highest BCUT2D eigenvalue weighted by Gasteiger charge is 2.29. The van der Waals surface area contributed by atoms with E-state index in [0.717, 1.165) is 19.4 Å². The Hall–Kier alpha value is -1.36. The predicted molar refractivity (Wildman–Crippen MR) is 107 cm³/mol. The zero-order valence-corrected chi connectivity index (χ0v) is 17.6. The Bertz CT molecular complexity index is 769. The van der Waals surface area contributed by atoms with Crippen LogP contribution >= 0.6 is 0 Å². The van der Waals surface area contributed by atoms with E-state index < -0.39 is 16.1 Å². The Balaban J connectivity index is 1.43. The first-order chi connectivity index (χ1) is 13.9. The van der Waals surface area contributed by atoms with Gasteiger partial charge in [-0.05, 0) is 31.9 Å². The Morgan fingerprint density at radius 3 is 2.52 bits per heavy atom. The van der Waals surface area contributed by atoms with Gasteiger partial charge in [-0.2, -0.15) is 4.31 Å². The third-order valence-corrected chi connectivity index (χ3v) is 7.25. The van der Waals surface area contributed by atoms with Gasteiger partial charge in [-0.25, -0.2) is 8.42 Å². The number of Topliss-reactive ketones (excluding diaryl/α,β-unsaturated/α-hetero) is 1. The van der Waals surface area contributed by atoms with Gasteiger partial charge in [0.15, 0.2) is 5.78 Å². The zero-order chi connectivity index (χ0) is 20.9. The average molecular weight is 427 g/mol. The topological polar surface area (TPSA) is 96.4 Å². The van der Waals surface area contributed by atoms with Crippen molar-refractivity contribution in [2.24, 2.45) is 0 Å². The van der Waals surface area contributed by atoms with Gasteiger partial charge in [-0.3, -0.25) is 9.69 Å². The standard InChI is InChI=1S/C20H30N2O6S/c1-16(23)17-4-6-20(7-5-17)29(25,26)22-10-8-21(9-11-22)13-18(24)14-27-15-19-3-2-12-28-19/h4-7,18-19,24H,2-3,8-15H2,1H3/t18-,19+/m0/s1. The summed E-state index contributed by atoms with van der Waals surface area (Å²) in [4.78, 5) is 13.6. The molecule has 2 aliphatic heterocycles. The lowest BCUT2D eigenvalue weighted by molar-refractivity contribution is -0.0270. The van der Waals surface area contributed by atoms with Crippen LogP contribution in [-0.4, -0.2) is 93.3 Å². The molecule has 29 heavy (non-hydrogen) atoms. The molecule has 0 bridgehead atoms. The Morgan fingerprint density at radius 1 is 1.24 bits per heavy atom. The van der Waals surface area contributed by atoms with Gasteiger partial charge in [0.2, 0.25) is 10.0 Å². The molecule has 0 unspecified atom stereocenters. The number of ketones is 1. The van der Waals surface area contributed by atoms with Crippen molar-refractivity contribution < 1.29 is 27.8 Å². The maximum Gasteiger partial charge on any atom is 0.243 e. The Kier molecular flexibility index (Phi) is 7.78. The lowest BCUT2D eigenvalue weighted by Gasteiger charge is -2.34. The number of carbonyl (C=O) groups excluding carboxylic acids is 1. The van der Waals surface area contributed by atoms with Crippen LogP contribution in [0, 0.1) is 0 Å². The van der Waals surface area contributed by atoms with E-state index in [1.54, 1.807) is 12.1 Å². The number of carbonyl (C=O) groups is 1. The largest absolute Gasteiger partial charge is 0.389 e. The summed E-state index contributed by atoms with van der Waals surface area (Å²) in [5.41, 5.74) is 0.490. The highest BCUT2D eigenvalue weighted by molar-refractivity contribution is 7.89. The van der Waals surface area contributed by atoms with Crippen LogP contribution in [0.4, 0.5) is 0 Å². The molecule has 0 aromatic heterocycles. The number of benzene rings is 1. The molecular formula is C20H30N2O6S.